The van der Waals surface area contributed by atoms with Gasteiger partial charge >= 0.3 is 0 Å². The van der Waals surface area contributed by atoms with Gasteiger partial charge in [0.15, 0.2) is 0 Å². The van der Waals surface area contributed by atoms with E-state index < -0.39 is 11.8 Å². The van der Waals surface area contributed by atoms with Crippen LogP contribution in [0.15, 0.2) is 30.5 Å². The highest BCUT2D eigenvalue weighted by molar-refractivity contribution is 5.96. The number of imidazole rings is 1. The molecule has 5 N–H and O–H groups in total. The van der Waals surface area contributed by atoms with Crippen molar-refractivity contribution in [3.8, 4) is 0 Å². The molecule has 0 saturated heterocycles. The Bertz CT molecular complexity index is 1020. The van der Waals surface area contributed by atoms with Crippen LogP contribution in [0, 0.1) is 5.92 Å². The Kier molecular flexibility index (Phi) is 4.99. The molecule has 1 atom stereocenters. The summed E-state index contributed by atoms with van der Waals surface area (Å²) in [6.07, 6.45) is 4.25. The van der Waals surface area contributed by atoms with Crippen molar-refractivity contribution in [2.75, 3.05) is 0 Å². The van der Waals surface area contributed by atoms with Gasteiger partial charge in [0.1, 0.15) is 17.6 Å². The lowest BCUT2D eigenvalue weighted by atomic mass is 10.0. The summed E-state index contributed by atoms with van der Waals surface area (Å²) < 4.78 is 1.65. The van der Waals surface area contributed by atoms with E-state index in [-0.39, 0.29) is 12.0 Å². The highest BCUT2D eigenvalue weighted by Crippen LogP contribution is 2.26. The highest BCUT2D eigenvalue weighted by Gasteiger charge is 2.23. The van der Waals surface area contributed by atoms with Crippen LogP contribution < -0.4 is 11.2 Å². The van der Waals surface area contributed by atoms with Gasteiger partial charge in [-0.3, -0.25) is 14.8 Å². The highest BCUT2D eigenvalue weighted by atomic mass is 16.5. The summed E-state index contributed by atoms with van der Waals surface area (Å²) in [6.45, 7) is 4.03. The molecule has 0 aliphatic heterocycles. The molecule has 3 aromatic rings. The van der Waals surface area contributed by atoms with E-state index >= 15 is 0 Å². The number of carbonyl (C=O) groups excluding carboxylic acids is 2. The van der Waals surface area contributed by atoms with Crippen molar-refractivity contribution in [1.29, 1.82) is 0 Å². The summed E-state index contributed by atoms with van der Waals surface area (Å²) in [5, 5.41) is 16.6. The van der Waals surface area contributed by atoms with Gasteiger partial charge in [-0.1, -0.05) is 19.1 Å². The molecule has 1 aromatic carbocycles. The molecule has 1 unspecified atom stereocenters. The SMILES string of the molecule is CC(C)C(c1nc2ccc(C(N)=O)cc2[nH]1)n1cc(/C=C/C(=O)NO)nn1. The summed E-state index contributed by atoms with van der Waals surface area (Å²) in [5.74, 6) is -0.379. The number of amides is 2. The average Bonchev–Trinajstić information content (AvgIpc) is 3.25. The maximum Gasteiger partial charge on any atom is 0.267 e. The molecule has 10 nitrogen and oxygen atoms in total. The quantitative estimate of drug-likeness (QED) is 0.289. The molecular weight excluding hydrogens is 350 g/mol. The van der Waals surface area contributed by atoms with Crippen LogP contribution in [0.5, 0.6) is 0 Å². The average molecular weight is 369 g/mol. The predicted octanol–water partition coefficient (Wildman–Crippen LogP) is 1.02. The molecule has 2 aromatic heterocycles. The number of fused-ring (bicyclic) bond motifs is 1. The molecule has 0 bridgehead atoms. The van der Waals surface area contributed by atoms with Crippen molar-refractivity contribution in [1.82, 2.24) is 30.4 Å². The number of hydrogen-bond acceptors (Lipinski definition) is 6. The first-order valence-corrected chi connectivity index (χ1v) is 8.22. The Hall–Kier alpha value is -3.53. The first kappa shape index (κ1) is 18.3. The fourth-order valence-corrected chi connectivity index (χ4v) is 2.77. The van der Waals surface area contributed by atoms with Crippen LogP contribution in [0.4, 0.5) is 0 Å². The molecule has 0 saturated carbocycles. The molecule has 0 spiro atoms. The number of hydroxylamine groups is 1. The Balaban J connectivity index is 1.95. The zero-order chi connectivity index (χ0) is 19.6. The first-order valence-electron chi connectivity index (χ1n) is 8.22. The topological polar surface area (TPSA) is 152 Å². The van der Waals surface area contributed by atoms with Crippen LogP contribution in [0.1, 0.15) is 41.8 Å². The van der Waals surface area contributed by atoms with Crippen LogP contribution in [0.2, 0.25) is 0 Å². The summed E-state index contributed by atoms with van der Waals surface area (Å²) in [6, 6.07) is 4.78. The molecule has 3 rings (SSSR count). The smallest absolute Gasteiger partial charge is 0.267 e. The van der Waals surface area contributed by atoms with Gasteiger partial charge in [-0.15, -0.1) is 5.10 Å². The van der Waals surface area contributed by atoms with Gasteiger partial charge in [0.2, 0.25) is 5.91 Å². The van der Waals surface area contributed by atoms with Gasteiger partial charge in [-0.25, -0.2) is 15.1 Å². The number of nitrogens with one attached hydrogen (secondary N) is 2. The fourth-order valence-electron chi connectivity index (χ4n) is 2.77. The van der Waals surface area contributed by atoms with Crippen LogP contribution in [0.3, 0.4) is 0 Å². The van der Waals surface area contributed by atoms with Crippen LogP contribution in [-0.2, 0) is 4.79 Å². The minimum absolute atomic E-state index is 0.125. The summed E-state index contributed by atoms with van der Waals surface area (Å²) in [4.78, 5) is 30.3. The lowest BCUT2D eigenvalue weighted by Crippen LogP contribution is -2.18. The number of nitrogens with two attached hydrogens (primary N) is 1. The number of nitrogens with zero attached hydrogens (tertiary/aromatic N) is 4. The van der Waals surface area contributed by atoms with Crippen molar-refractivity contribution < 1.29 is 14.8 Å². The Morgan fingerprint density at radius 1 is 1.37 bits per heavy atom. The number of hydrogen-bond donors (Lipinski definition) is 4. The number of H-pyrrole nitrogens is 1. The molecule has 2 heterocycles. The molecule has 27 heavy (non-hydrogen) atoms. The van der Waals surface area contributed by atoms with E-state index in [1.54, 1.807) is 29.1 Å². The summed E-state index contributed by atoms with van der Waals surface area (Å²) in [7, 11) is 0. The molecule has 0 aliphatic rings. The number of rotatable bonds is 6. The number of aromatic nitrogens is 5. The van der Waals surface area contributed by atoms with Gasteiger partial charge in [0.05, 0.1) is 17.2 Å². The minimum atomic E-state index is -0.660. The lowest BCUT2D eigenvalue weighted by Gasteiger charge is -2.18. The Morgan fingerprint density at radius 2 is 2.15 bits per heavy atom. The van der Waals surface area contributed by atoms with Crippen molar-refractivity contribution in [3.05, 3.63) is 47.6 Å². The van der Waals surface area contributed by atoms with E-state index in [1.165, 1.54) is 11.6 Å². The number of primary amides is 1. The number of aromatic amines is 1. The van der Waals surface area contributed by atoms with Gasteiger partial charge in [-0.2, -0.15) is 0 Å². The number of benzene rings is 1. The van der Waals surface area contributed by atoms with Crippen LogP contribution in [0.25, 0.3) is 17.1 Å². The minimum Gasteiger partial charge on any atom is -0.366 e. The van der Waals surface area contributed by atoms with Crippen molar-refractivity contribution in [2.45, 2.75) is 19.9 Å². The fraction of sp³-hybridized carbons (Fsp3) is 0.235. The summed E-state index contributed by atoms with van der Waals surface area (Å²) in [5.41, 5.74) is 9.10. The maximum atomic E-state index is 11.4. The van der Waals surface area contributed by atoms with E-state index in [1.807, 2.05) is 13.8 Å². The van der Waals surface area contributed by atoms with Crippen molar-refractivity contribution in [2.24, 2.45) is 11.7 Å². The van der Waals surface area contributed by atoms with Gasteiger partial charge < -0.3 is 10.7 Å². The predicted molar refractivity (Wildman–Crippen MR) is 96.6 cm³/mol. The largest absolute Gasteiger partial charge is 0.366 e. The van der Waals surface area contributed by atoms with E-state index in [9.17, 15) is 9.59 Å². The zero-order valence-corrected chi connectivity index (χ0v) is 14.7. The van der Waals surface area contributed by atoms with E-state index in [0.29, 0.717) is 28.1 Å². The third-order valence-corrected chi connectivity index (χ3v) is 4.03. The second-order valence-electron chi connectivity index (χ2n) is 6.34. The Morgan fingerprint density at radius 3 is 2.81 bits per heavy atom. The third-order valence-electron chi connectivity index (χ3n) is 4.03. The second kappa shape index (κ2) is 7.38. The van der Waals surface area contributed by atoms with Gasteiger partial charge in [0.25, 0.3) is 5.91 Å². The van der Waals surface area contributed by atoms with Crippen molar-refractivity contribution >= 4 is 28.9 Å². The van der Waals surface area contributed by atoms with Gasteiger partial charge in [0, 0.05) is 11.6 Å². The summed E-state index contributed by atoms with van der Waals surface area (Å²) >= 11 is 0. The van der Waals surface area contributed by atoms with Gasteiger partial charge in [-0.05, 0) is 30.2 Å². The van der Waals surface area contributed by atoms with Crippen molar-refractivity contribution in [3.63, 3.8) is 0 Å². The molecule has 2 amide bonds. The van der Waals surface area contributed by atoms with E-state index in [0.717, 1.165) is 6.08 Å². The molecule has 0 fully saturated rings. The molecule has 10 heteroatoms. The molecular formula is C17H19N7O3. The van der Waals surface area contributed by atoms with Crippen LogP contribution >= 0.6 is 0 Å². The first-order chi connectivity index (χ1) is 12.9. The normalized spacial score (nSPS) is 12.7. The third kappa shape index (κ3) is 3.85. The number of carbonyl (C=O) groups is 2. The second-order valence-corrected chi connectivity index (χ2v) is 6.34. The molecule has 0 radical (unpaired) electrons. The Labute approximate surface area is 154 Å². The van der Waals surface area contributed by atoms with Crippen LogP contribution in [-0.4, -0.2) is 42.0 Å². The van der Waals surface area contributed by atoms with E-state index in [2.05, 4.69) is 20.3 Å². The molecule has 0 aliphatic carbocycles. The molecule has 140 valence electrons. The van der Waals surface area contributed by atoms with E-state index in [4.69, 9.17) is 10.9 Å². The maximum absolute atomic E-state index is 11.4. The standard InChI is InChI=1S/C17H19N7O3/c1-9(2)15(24-8-11(21-23-24)4-6-14(25)22-27)17-19-12-5-3-10(16(18)26)7-13(12)20-17/h3-9,15,27H,1-2H3,(H2,18,26)(H,19,20)(H,22,25)/b6-4+. The monoisotopic (exact) mass is 369 g/mol. The zero-order valence-electron chi connectivity index (χ0n) is 14.7. The lowest BCUT2D eigenvalue weighted by molar-refractivity contribution is -0.124.